The van der Waals surface area contributed by atoms with Crippen molar-refractivity contribution < 1.29 is 14.3 Å². The minimum Gasteiger partial charge on any atom is -0.465 e. The highest BCUT2D eigenvalue weighted by Gasteiger charge is 2.16. The molecule has 2 aromatic carbocycles. The van der Waals surface area contributed by atoms with Crippen molar-refractivity contribution in [2.24, 2.45) is 0 Å². The molecule has 0 saturated heterocycles. The Bertz CT molecular complexity index is 971. The Morgan fingerprint density at radius 3 is 2.31 bits per heavy atom. The van der Waals surface area contributed by atoms with Gasteiger partial charge in [0.05, 0.1) is 18.0 Å². The zero-order valence-electron chi connectivity index (χ0n) is 17.1. The first kappa shape index (κ1) is 20.9. The summed E-state index contributed by atoms with van der Waals surface area (Å²) >= 11 is 6.04. The molecule has 1 heterocycles. The van der Waals surface area contributed by atoms with Gasteiger partial charge in [0.25, 0.3) is 0 Å². The molecule has 0 bridgehead atoms. The van der Waals surface area contributed by atoms with E-state index in [2.05, 4.69) is 38.0 Å². The van der Waals surface area contributed by atoms with Crippen LogP contribution >= 0.6 is 11.6 Å². The summed E-state index contributed by atoms with van der Waals surface area (Å²) in [5.74, 6) is -0.0764. The van der Waals surface area contributed by atoms with Crippen LogP contribution in [-0.4, -0.2) is 29.0 Å². The molecule has 3 aromatic rings. The van der Waals surface area contributed by atoms with Gasteiger partial charge in [-0.3, -0.25) is 0 Å². The molecule has 0 aliphatic rings. The van der Waals surface area contributed by atoms with Crippen molar-refractivity contribution in [2.75, 3.05) is 13.2 Å². The van der Waals surface area contributed by atoms with E-state index in [0.29, 0.717) is 17.5 Å². The molecular weight excluding hydrogens is 388 g/mol. The van der Waals surface area contributed by atoms with Crippen molar-refractivity contribution in [3.05, 3.63) is 65.2 Å². The van der Waals surface area contributed by atoms with Gasteiger partial charge in [0, 0.05) is 16.7 Å². The summed E-state index contributed by atoms with van der Waals surface area (Å²) in [6.45, 7) is 8.41. The number of esters is 1. The second-order valence-corrected chi connectivity index (χ2v) is 8.11. The molecule has 3 rings (SSSR count). The predicted molar refractivity (Wildman–Crippen MR) is 115 cm³/mol. The monoisotopic (exact) mass is 412 g/mol. The van der Waals surface area contributed by atoms with E-state index in [9.17, 15) is 4.79 Å². The fourth-order valence-corrected chi connectivity index (χ4v) is 3.02. The molecule has 1 aromatic heterocycles. The summed E-state index contributed by atoms with van der Waals surface area (Å²) in [5, 5.41) is 5.22. The van der Waals surface area contributed by atoms with Gasteiger partial charge in [-0.1, -0.05) is 56.6 Å². The maximum atomic E-state index is 11.6. The second-order valence-electron chi connectivity index (χ2n) is 7.68. The Balaban J connectivity index is 1.97. The number of hydrogen-bond acceptors (Lipinski definition) is 4. The van der Waals surface area contributed by atoms with Gasteiger partial charge in [0.15, 0.2) is 6.61 Å². The van der Waals surface area contributed by atoms with Crippen LogP contribution < -0.4 is 4.74 Å². The molecule has 0 aliphatic heterocycles. The maximum absolute atomic E-state index is 11.6. The van der Waals surface area contributed by atoms with Gasteiger partial charge in [0.1, 0.15) is 0 Å². The van der Waals surface area contributed by atoms with Crippen LogP contribution in [0.2, 0.25) is 5.02 Å². The summed E-state index contributed by atoms with van der Waals surface area (Å²) in [4.78, 5) is 11.6. The van der Waals surface area contributed by atoms with Crippen molar-refractivity contribution in [1.82, 2.24) is 9.78 Å². The third kappa shape index (κ3) is 5.18. The fourth-order valence-electron chi connectivity index (χ4n) is 2.89. The summed E-state index contributed by atoms with van der Waals surface area (Å²) in [6, 6.07) is 17.6. The zero-order valence-corrected chi connectivity index (χ0v) is 17.9. The number of halogens is 1. The quantitative estimate of drug-likeness (QED) is 0.506. The van der Waals surface area contributed by atoms with Crippen LogP contribution in [0.5, 0.6) is 5.88 Å². The van der Waals surface area contributed by atoms with Crippen molar-refractivity contribution in [2.45, 2.75) is 33.1 Å². The molecule has 29 heavy (non-hydrogen) atoms. The highest BCUT2D eigenvalue weighted by atomic mass is 35.5. The first-order chi connectivity index (χ1) is 13.8. The standard InChI is InChI=1S/C23H25ClN2O3/c1-5-28-22(27)15-29-21-14-20(16-6-10-18(24)11-7-16)26(25-21)19-12-8-17(9-13-19)23(2,3)4/h6-14H,5,15H2,1-4H3. The van der Waals surface area contributed by atoms with E-state index in [0.717, 1.165) is 16.9 Å². The number of rotatable bonds is 6. The van der Waals surface area contributed by atoms with Crippen LogP contribution in [0.1, 0.15) is 33.3 Å². The number of carbonyl (C=O) groups excluding carboxylic acids is 1. The van der Waals surface area contributed by atoms with Crippen LogP contribution in [0, 0.1) is 0 Å². The van der Waals surface area contributed by atoms with E-state index in [1.165, 1.54) is 5.56 Å². The highest BCUT2D eigenvalue weighted by molar-refractivity contribution is 6.30. The molecule has 152 valence electrons. The van der Waals surface area contributed by atoms with Gasteiger partial charge < -0.3 is 9.47 Å². The van der Waals surface area contributed by atoms with Crippen LogP contribution in [0.25, 0.3) is 16.9 Å². The molecule has 0 N–H and O–H groups in total. The number of nitrogens with zero attached hydrogens (tertiary/aromatic N) is 2. The summed E-state index contributed by atoms with van der Waals surface area (Å²) in [5.41, 5.74) is 3.97. The largest absolute Gasteiger partial charge is 0.465 e. The second kappa shape index (κ2) is 8.70. The van der Waals surface area contributed by atoms with Crippen molar-refractivity contribution in [3.63, 3.8) is 0 Å². The lowest BCUT2D eigenvalue weighted by Crippen LogP contribution is -2.14. The number of ether oxygens (including phenoxy) is 2. The third-order valence-electron chi connectivity index (χ3n) is 4.45. The number of hydrogen-bond donors (Lipinski definition) is 0. The minimum atomic E-state index is -0.426. The molecule has 0 radical (unpaired) electrons. The smallest absolute Gasteiger partial charge is 0.344 e. The minimum absolute atomic E-state index is 0.0650. The summed E-state index contributed by atoms with van der Waals surface area (Å²) < 4.78 is 12.3. The molecule has 0 aliphatic carbocycles. The molecule has 0 amide bonds. The summed E-state index contributed by atoms with van der Waals surface area (Å²) in [7, 11) is 0. The van der Waals surface area contributed by atoms with Crippen LogP contribution in [0.3, 0.4) is 0 Å². The first-order valence-electron chi connectivity index (χ1n) is 9.53. The van der Waals surface area contributed by atoms with Crippen molar-refractivity contribution in [3.8, 4) is 22.8 Å². The lowest BCUT2D eigenvalue weighted by Gasteiger charge is -2.19. The van der Waals surface area contributed by atoms with Gasteiger partial charge in [-0.25, -0.2) is 9.48 Å². The van der Waals surface area contributed by atoms with Crippen LogP contribution in [-0.2, 0) is 14.9 Å². The number of carbonyl (C=O) groups is 1. The molecule has 5 nitrogen and oxygen atoms in total. The van der Waals surface area contributed by atoms with Crippen LogP contribution in [0.4, 0.5) is 0 Å². The van der Waals surface area contributed by atoms with Gasteiger partial charge in [-0.15, -0.1) is 5.10 Å². The van der Waals surface area contributed by atoms with E-state index in [1.807, 2.05) is 36.4 Å². The first-order valence-corrected chi connectivity index (χ1v) is 9.91. The lowest BCUT2D eigenvalue weighted by molar-refractivity contribution is -0.145. The topological polar surface area (TPSA) is 53.4 Å². The molecule has 0 spiro atoms. The van der Waals surface area contributed by atoms with Crippen molar-refractivity contribution >= 4 is 17.6 Å². The maximum Gasteiger partial charge on any atom is 0.344 e. The number of benzene rings is 2. The van der Waals surface area contributed by atoms with E-state index in [-0.39, 0.29) is 12.0 Å². The van der Waals surface area contributed by atoms with Gasteiger partial charge in [0.2, 0.25) is 5.88 Å². The molecule has 6 heteroatoms. The average Bonchev–Trinajstić information content (AvgIpc) is 3.11. The molecule has 0 unspecified atom stereocenters. The van der Waals surface area contributed by atoms with Gasteiger partial charge in [-0.2, -0.15) is 0 Å². The predicted octanol–water partition coefficient (Wildman–Crippen LogP) is 5.43. The van der Waals surface area contributed by atoms with Crippen LogP contribution in [0.15, 0.2) is 54.6 Å². The average molecular weight is 413 g/mol. The Hall–Kier alpha value is -2.79. The van der Waals surface area contributed by atoms with E-state index >= 15 is 0 Å². The summed E-state index contributed by atoms with van der Waals surface area (Å²) in [6.07, 6.45) is 0. The highest BCUT2D eigenvalue weighted by Crippen LogP contribution is 2.29. The normalized spacial score (nSPS) is 11.3. The molecular formula is C23H25ClN2O3. The lowest BCUT2D eigenvalue weighted by atomic mass is 9.87. The Morgan fingerprint density at radius 1 is 1.07 bits per heavy atom. The molecule has 0 fully saturated rings. The van der Waals surface area contributed by atoms with Crippen molar-refractivity contribution in [1.29, 1.82) is 0 Å². The molecule has 0 saturated carbocycles. The van der Waals surface area contributed by atoms with E-state index in [1.54, 1.807) is 17.7 Å². The van der Waals surface area contributed by atoms with E-state index < -0.39 is 5.97 Å². The van der Waals surface area contributed by atoms with E-state index in [4.69, 9.17) is 21.1 Å². The molecule has 0 atom stereocenters. The Kier molecular flexibility index (Phi) is 6.28. The Labute approximate surface area is 176 Å². The Morgan fingerprint density at radius 2 is 1.72 bits per heavy atom. The fraction of sp³-hybridized carbons (Fsp3) is 0.304. The number of aromatic nitrogens is 2. The van der Waals surface area contributed by atoms with Gasteiger partial charge in [-0.05, 0) is 42.2 Å². The SMILES string of the molecule is CCOC(=O)COc1cc(-c2ccc(Cl)cc2)n(-c2ccc(C(C)(C)C)cc2)n1. The third-order valence-corrected chi connectivity index (χ3v) is 4.70. The zero-order chi connectivity index (χ0) is 21.0. The van der Waals surface area contributed by atoms with Gasteiger partial charge >= 0.3 is 5.97 Å².